The molecule has 0 aliphatic heterocycles. The molecule has 1 fully saturated rings. The molecule has 1 heterocycles. The van der Waals surface area contributed by atoms with Crippen molar-refractivity contribution >= 4 is 16.7 Å². The third-order valence-corrected chi connectivity index (χ3v) is 2.65. The van der Waals surface area contributed by atoms with Crippen molar-refractivity contribution in [2.75, 3.05) is 25.6 Å². The molecule has 0 radical (unpaired) electrons. The highest BCUT2D eigenvalue weighted by Gasteiger charge is 2.27. The summed E-state index contributed by atoms with van der Waals surface area (Å²) >= 11 is 1.44. The first-order valence-corrected chi connectivity index (χ1v) is 5.24. The van der Waals surface area contributed by atoms with E-state index in [1.165, 1.54) is 24.4 Å². The van der Waals surface area contributed by atoms with Gasteiger partial charge in [-0.05, 0) is 12.8 Å². The number of rotatable bonds is 5. The van der Waals surface area contributed by atoms with Crippen LogP contribution in [0, 0.1) is 0 Å². The van der Waals surface area contributed by atoms with Gasteiger partial charge >= 0.3 is 0 Å². The topological polar surface area (TPSA) is 47.0 Å². The fourth-order valence-electron chi connectivity index (χ4n) is 1.07. The molecule has 1 N–H and O–H groups in total. The Hall–Kier alpha value is -0.680. The molecule has 4 nitrogen and oxygen atoms in total. The van der Waals surface area contributed by atoms with Crippen molar-refractivity contribution in [3.63, 3.8) is 0 Å². The molecule has 0 spiro atoms. The van der Waals surface area contributed by atoms with Gasteiger partial charge < -0.3 is 10.1 Å². The fraction of sp³-hybridized carbons (Fsp3) is 0.750. The lowest BCUT2D eigenvalue weighted by atomic mass is 10.4. The van der Waals surface area contributed by atoms with Crippen molar-refractivity contribution in [3.05, 3.63) is 5.82 Å². The lowest BCUT2D eigenvalue weighted by Gasteiger charge is -1.98. The van der Waals surface area contributed by atoms with Gasteiger partial charge in [0.1, 0.15) is 5.82 Å². The summed E-state index contributed by atoms with van der Waals surface area (Å²) in [5.74, 6) is 1.67. The number of ether oxygens (including phenoxy) is 1. The number of nitrogens with one attached hydrogen (secondary N) is 1. The Kier molecular flexibility index (Phi) is 2.75. The van der Waals surface area contributed by atoms with Crippen LogP contribution in [0.5, 0.6) is 0 Å². The summed E-state index contributed by atoms with van der Waals surface area (Å²) in [6, 6.07) is 0. The van der Waals surface area contributed by atoms with Crippen LogP contribution in [0.1, 0.15) is 24.6 Å². The van der Waals surface area contributed by atoms with E-state index in [4.69, 9.17) is 4.74 Å². The van der Waals surface area contributed by atoms with Gasteiger partial charge in [-0.3, -0.25) is 0 Å². The Balaban J connectivity index is 1.82. The van der Waals surface area contributed by atoms with Gasteiger partial charge in [-0.25, -0.2) is 4.98 Å². The first kappa shape index (κ1) is 8.90. The zero-order valence-corrected chi connectivity index (χ0v) is 8.43. The van der Waals surface area contributed by atoms with Crippen molar-refractivity contribution in [2.24, 2.45) is 0 Å². The summed E-state index contributed by atoms with van der Waals surface area (Å²) in [5.41, 5.74) is 0. The number of hydrogen-bond acceptors (Lipinski definition) is 5. The molecule has 1 aliphatic rings. The van der Waals surface area contributed by atoms with Crippen LogP contribution in [0.15, 0.2) is 0 Å². The smallest absolute Gasteiger partial charge is 0.202 e. The first-order chi connectivity index (χ1) is 6.40. The molecule has 13 heavy (non-hydrogen) atoms. The minimum absolute atomic E-state index is 0.647. The standard InChI is InChI=1S/C8H13N3OS/c1-12-5-4-9-8-10-7(11-13-8)6-2-3-6/h6H,2-5H2,1H3,(H,9,10,11). The van der Waals surface area contributed by atoms with Crippen LogP contribution in [0.3, 0.4) is 0 Å². The van der Waals surface area contributed by atoms with Crippen molar-refractivity contribution < 1.29 is 4.74 Å². The summed E-state index contributed by atoms with van der Waals surface area (Å²) in [6.07, 6.45) is 2.52. The second kappa shape index (κ2) is 4.02. The van der Waals surface area contributed by atoms with Gasteiger partial charge in [0.15, 0.2) is 0 Å². The van der Waals surface area contributed by atoms with E-state index in [9.17, 15) is 0 Å². The van der Waals surface area contributed by atoms with Gasteiger partial charge in [0.05, 0.1) is 6.61 Å². The lowest BCUT2D eigenvalue weighted by molar-refractivity contribution is 0.211. The first-order valence-electron chi connectivity index (χ1n) is 4.46. The lowest BCUT2D eigenvalue weighted by Crippen LogP contribution is -2.07. The molecule has 0 saturated heterocycles. The van der Waals surface area contributed by atoms with E-state index < -0.39 is 0 Å². The quantitative estimate of drug-likeness (QED) is 0.729. The molecule has 72 valence electrons. The van der Waals surface area contributed by atoms with Crippen LogP contribution in [-0.2, 0) is 4.74 Å². The van der Waals surface area contributed by atoms with Crippen LogP contribution in [0.25, 0.3) is 0 Å². The van der Waals surface area contributed by atoms with E-state index in [0.29, 0.717) is 12.5 Å². The maximum Gasteiger partial charge on any atom is 0.202 e. The molecule has 0 amide bonds. The zero-order valence-electron chi connectivity index (χ0n) is 7.62. The third kappa shape index (κ3) is 2.38. The minimum Gasteiger partial charge on any atom is -0.383 e. The average Bonchev–Trinajstić information content (AvgIpc) is 2.88. The van der Waals surface area contributed by atoms with E-state index in [-0.39, 0.29) is 0 Å². The van der Waals surface area contributed by atoms with Crippen LogP contribution < -0.4 is 5.32 Å². The van der Waals surface area contributed by atoms with Crippen molar-refractivity contribution in [2.45, 2.75) is 18.8 Å². The summed E-state index contributed by atoms with van der Waals surface area (Å²) in [4.78, 5) is 4.38. The maximum atomic E-state index is 4.92. The zero-order chi connectivity index (χ0) is 9.10. The molecule has 1 aliphatic carbocycles. The van der Waals surface area contributed by atoms with Gasteiger partial charge in [0.2, 0.25) is 5.13 Å². The molecule has 2 rings (SSSR count). The second-order valence-corrected chi connectivity index (χ2v) is 3.90. The van der Waals surface area contributed by atoms with Gasteiger partial charge in [0, 0.05) is 31.1 Å². The van der Waals surface area contributed by atoms with Crippen LogP contribution in [0.2, 0.25) is 0 Å². The molecule has 5 heteroatoms. The predicted molar refractivity (Wildman–Crippen MR) is 52.2 cm³/mol. The highest BCUT2D eigenvalue weighted by molar-refractivity contribution is 7.09. The van der Waals surface area contributed by atoms with Crippen LogP contribution in [0.4, 0.5) is 5.13 Å². The van der Waals surface area contributed by atoms with Crippen molar-refractivity contribution in [1.29, 1.82) is 0 Å². The SMILES string of the molecule is COCCNc1nc(C2CC2)ns1. The number of methoxy groups -OCH3 is 1. The molecule has 1 aromatic heterocycles. The van der Waals surface area contributed by atoms with Crippen molar-refractivity contribution in [3.8, 4) is 0 Å². The Morgan fingerprint density at radius 2 is 2.46 bits per heavy atom. The van der Waals surface area contributed by atoms with E-state index >= 15 is 0 Å². The summed E-state index contributed by atoms with van der Waals surface area (Å²) < 4.78 is 9.21. The molecular weight excluding hydrogens is 186 g/mol. The van der Waals surface area contributed by atoms with E-state index in [0.717, 1.165) is 17.5 Å². The number of aromatic nitrogens is 2. The number of nitrogens with zero attached hydrogens (tertiary/aromatic N) is 2. The highest BCUT2D eigenvalue weighted by atomic mass is 32.1. The highest BCUT2D eigenvalue weighted by Crippen LogP contribution is 2.39. The van der Waals surface area contributed by atoms with Gasteiger partial charge in [-0.1, -0.05) is 0 Å². The Labute approximate surface area is 81.5 Å². The van der Waals surface area contributed by atoms with Gasteiger partial charge in [-0.2, -0.15) is 4.37 Å². The Morgan fingerprint density at radius 3 is 3.15 bits per heavy atom. The summed E-state index contributed by atoms with van der Waals surface area (Å²) in [6.45, 7) is 1.51. The van der Waals surface area contributed by atoms with Crippen LogP contribution in [-0.4, -0.2) is 29.6 Å². The van der Waals surface area contributed by atoms with Gasteiger partial charge in [0.25, 0.3) is 0 Å². The van der Waals surface area contributed by atoms with Gasteiger partial charge in [-0.15, -0.1) is 0 Å². The Morgan fingerprint density at radius 1 is 1.62 bits per heavy atom. The number of hydrogen-bond donors (Lipinski definition) is 1. The molecule has 0 bridgehead atoms. The summed E-state index contributed by atoms with van der Waals surface area (Å²) in [7, 11) is 1.69. The Bertz CT molecular complexity index is 272. The molecule has 0 unspecified atom stereocenters. The summed E-state index contributed by atoms with van der Waals surface area (Å²) in [5, 5.41) is 4.08. The average molecular weight is 199 g/mol. The third-order valence-electron chi connectivity index (χ3n) is 1.97. The van der Waals surface area contributed by atoms with E-state index in [2.05, 4.69) is 14.7 Å². The molecule has 1 aromatic rings. The largest absolute Gasteiger partial charge is 0.383 e. The van der Waals surface area contributed by atoms with E-state index in [1.54, 1.807) is 7.11 Å². The predicted octanol–water partition coefficient (Wildman–Crippen LogP) is 1.47. The fourth-order valence-corrected chi connectivity index (χ4v) is 1.74. The second-order valence-electron chi connectivity index (χ2n) is 3.15. The molecule has 0 aromatic carbocycles. The minimum atomic E-state index is 0.647. The molecule has 0 atom stereocenters. The normalized spacial score (nSPS) is 16.1. The monoisotopic (exact) mass is 199 g/mol. The maximum absolute atomic E-state index is 4.92. The molecular formula is C8H13N3OS. The number of anilines is 1. The van der Waals surface area contributed by atoms with E-state index in [1.807, 2.05) is 0 Å². The molecule has 1 saturated carbocycles. The van der Waals surface area contributed by atoms with Crippen molar-refractivity contribution in [1.82, 2.24) is 9.36 Å². The van der Waals surface area contributed by atoms with Crippen LogP contribution >= 0.6 is 11.5 Å².